The van der Waals surface area contributed by atoms with Gasteiger partial charge in [0.05, 0.1) is 16.6 Å². The molecule has 0 unspecified atom stereocenters. The molecule has 0 amide bonds. The fourth-order valence-corrected chi connectivity index (χ4v) is 5.13. The van der Waals surface area contributed by atoms with E-state index in [-0.39, 0.29) is 0 Å². The molecule has 3 aromatic heterocycles. The monoisotopic (exact) mass is 527 g/mol. The van der Waals surface area contributed by atoms with Gasteiger partial charge in [-0.1, -0.05) is 66.7 Å². The van der Waals surface area contributed by atoms with Crippen molar-refractivity contribution in [2.24, 2.45) is 0 Å². The predicted molar refractivity (Wildman–Crippen MR) is 169 cm³/mol. The summed E-state index contributed by atoms with van der Waals surface area (Å²) >= 11 is 0. The first-order valence-electron chi connectivity index (χ1n) is 13.5. The summed E-state index contributed by atoms with van der Waals surface area (Å²) in [5.41, 5.74) is 8.72. The molecule has 8 rings (SSSR count). The minimum Gasteiger partial charge on any atom is -0.311 e. The van der Waals surface area contributed by atoms with Crippen LogP contribution in [0, 0.1) is 0 Å². The molecule has 194 valence electrons. The molecule has 5 heteroatoms. The van der Waals surface area contributed by atoms with Crippen LogP contribution in [-0.4, -0.2) is 19.9 Å². The van der Waals surface area contributed by atoms with E-state index in [2.05, 4.69) is 87.7 Å². The fourth-order valence-electron chi connectivity index (χ4n) is 5.13. The van der Waals surface area contributed by atoms with Crippen molar-refractivity contribution in [3.63, 3.8) is 0 Å². The van der Waals surface area contributed by atoms with Gasteiger partial charge in [0.2, 0.25) is 0 Å². The van der Waals surface area contributed by atoms with Crippen molar-refractivity contribution in [3.8, 4) is 0 Å². The first kappa shape index (κ1) is 24.4. The smallest absolute Gasteiger partial charge is 0.116 e. The standard InChI is InChI=1S/C18H10N4.C18H15N/c1-2-8-14-13(7-1)21-17-12-6-4-9-19-15(12)11-5-3-10-20-16(11)18(17)22-14;1-4-10-16(11-5-1)19(17-12-6-2-7-13-17)18-14-8-3-9-15-18/h1-10H;1-15H. The molecule has 8 aromatic rings. The lowest BCUT2D eigenvalue weighted by molar-refractivity contribution is 1.28. The topological polar surface area (TPSA) is 54.8 Å². The molecule has 3 heterocycles. The third kappa shape index (κ3) is 4.70. The Balaban J connectivity index is 0.000000136. The Morgan fingerprint density at radius 3 is 1.27 bits per heavy atom. The zero-order chi connectivity index (χ0) is 27.4. The lowest BCUT2D eigenvalue weighted by Crippen LogP contribution is -2.09. The molecule has 0 spiro atoms. The number of rotatable bonds is 3. The molecule has 0 bridgehead atoms. The van der Waals surface area contributed by atoms with Crippen molar-refractivity contribution in [1.82, 2.24) is 19.9 Å². The Morgan fingerprint density at radius 1 is 0.341 bits per heavy atom. The molecule has 0 fully saturated rings. The Labute approximate surface area is 237 Å². The maximum absolute atomic E-state index is 4.81. The van der Waals surface area contributed by atoms with Gasteiger partial charge in [-0.2, -0.15) is 0 Å². The molecule has 0 aliphatic heterocycles. The van der Waals surface area contributed by atoms with E-state index in [1.165, 1.54) is 17.1 Å². The first-order valence-corrected chi connectivity index (χ1v) is 13.5. The van der Waals surface area contributed by atoms with Crippen molar-refractivity contribution in [2.75, 3.05) is 4.90 Å². The lowest BCUT2D eigenvalue weighted by Gasteiger charge is -2.25. The molecule has 5 nitrogen and oxygen atoms in total. The number of nitrogens with zero attached hydrogens (tertiary/aromatic N) is 5. The van der Waals surface area contributed by atoms with E-state index in [0.717, 1.165) is 43.9 Å². The van der Waals surface area contributed by atoms with E-state index < -0.39 is 0 Å². The lowest BCUT2D eigenvalue weighted by atomic mass is 10.1. The average molecular weight is 528 g/mol. The number of para-hydroxylation sites is 5. The molecule has 0 saturated carbocycles. The zero-order valence-corrected chi connectivity index (χ0v) is 22.2. The molecule has 41 heavy (non-hydrogen) atoms. The summed E-state index contributed by atoms with van der Waals surface area (Å²) in [6.07, 6.45) is 3.59. The quantitative estimate of drug-likeness (QED) is 0.169. The number of benzene rings is 5. The third-order valence-corrected chi connectivity index (χ3v) is 6.96. The van der Waals surface area contributed by atoms with Gasteiger partial charge in [0.1, 0.15) is 16.6 Å². The Bertz CT molecular complexity index is 1910. The van der Waals surface area contributed by atoms with Gasteiger partial charge in [-0.3, -0.25) is 9.97 Å². The van der Waals surface area contributed by atoms with Gasteiger partial charge < -0.3 is 4.90 Å². The van der Waals surface area contributed by atoms with E-state index in [1.807, 2.05) is 66.7 Å². The summed E-state index contributed by atoms with van der Waals surface area (Å²) in [5.74, 6) is 0. The highest BCUT2D eigenvalue weighted by Crippen LogP contribution is 2.34. The number of hydrogen-bond acceptors (Lipinski definition) is 5. The van der Waals surface area contributed by atoms with Gasteiger partial charge in [-0.25, -0.2) is 9.97 Å². The third-order valence-electron chi connectivity index (χ3n) is 6.96. The number of pyridine rings is 2. The fraction of sp³-hybridized carbons (Fsp3) is 0. The molecule has 0 saturated heterocycles. The molecular weight excluding hydrogens is 502 g/mol. The molecule has 0 aliphatic carbocycles. The highest BCUT2D eigenvalue weighted by molar-refractivity contribution is 6.21. The average Bonchev–Trinajstić information content (AvgIpc) is 3.06. The van der Waals surface area contributed by atoms with Crippen LogP contribution in [0.3, 0.4) is 0 Å². The summed E-state index contributed by atoms with van der Waals surface area (Å²) in [6.45, 7) is 0. The Morgan fingerprint density at radius 2 is 0.756 bits per heavy atom. The summed E-state index contributed by atoms with van der Waals surface area (Å²) in [7, 11) is 0. The number of hydrogen-bond donors (Lipinski definition) is 0. The highest BCUT2D eigenvalue weighted by atomic mass is 15.1. The van der Waals surface area contributed by atoms with Crippen LogP contribution in [-0.2, 0) is 0 Å². The van der Waals surface area contributed by atoms with E-state index >= 15 is 0 Å². The first-order chi connectivity index (χ1) is 20.4. The van der Waals surface area contributed by atoms with Crippen molar-refractivity contribution < 1.29 is 0 Å². The van der Waals surface area contributed by atoms with E-state index in [9.17, 15) is 0 Å². The van der Waals surface area contributed by atoms with Crippen molar-refractivity contribution in [1.29, 1.82) is 0 Å². The van der Waals surface area contributed by atoms with Crippen LogP contribution in [0.2, 0.25) is 0 Å². The van der Waals surface area contributed by atoms with Gasteiger partial charge in [0.25, 0.3) is 0 Å². The summed E-state index contributed by atoms with van der Waals surface area (Å²) in [5, 5.41) is 2.02. The van der Waals surface area contributed by atoms with Crippen LogP contribution < -0.4 is 4.90 Å². The minimum atomic E-state index is 0.829. The minimum absolute atomic E-state index is 0.829. The van der Waals surface area contributed by atoms with Gasteiger partial charge in [-0.05, 0) is 72.8 Å². The van der Waals surface area contributed by atoms with Crippen molar-refractivity contribution in [2.45, 2.75) is 0 Å². The molecule has 0 atom stereocenters. The second kappa shape index (κ2) is 10.8. The predicted octanol–water partition coefficient (Wildman–Crippen LogP) is 9.04. The van der Waals surface area contributed by atoms with Crippen molar-refractivity contribution >= 4 is 60.9 Å². The molecule has 0 radical (unpaired) electrons. The maximum Gasteiger partial charge on any atom is 0.116 e. The number of fused-ring (bicyclic) bond motifs is 7. The van der Waals surface area contributed by atoms with Crippen LogP contribution in [0.1, 0.15) is 0 Å². The van der Waals surface area contributed by atoms with Gasteiger partial charge in [0.15, 0.2) is 0 Å². The Kier molecular flexibility index (Phi) is 6.44. The van der Waals surface area contributed by atoms with Crippen LogP contribution in [0.5, 0.6) is 0 Å². The zero-order valence-electron chi connectivity index (χ0n) is 22.2. The normalized spacial score (nSPS) is 10.9. The van der Waals surface area contributed by atoms with Crippen LogP contribution in [0.25, 0.3) is 43.9 Å². The molecular formula is C36H25N5. The second-order valence-electron chi connectivity index (χ2n) is 9.55. The number of aromatic nitrogens is 4. The van der Waals surface area contributed by atoms with Crippen molar-refractivity contribution in [3.05, 3.63) is 152 Å². The second-order valence-corrected chi connectivity index (χ2v) is 9.55. The van der Waals surface area contributed by atoms with Gasteiger partial charge in [0, 0.05) is 40.2 Å². The summed E-state index contributed by atoms with van der Waals surface area (Å²) in [6, 6.07) is 47.1. The maximum atomic E-state index is 4.81. The Hall–Kier alpha value is -5.68. The SMILES string of the molecule is c1ccc(N(c2ccccc2)c2ccccc2)cc1.c1ccc2nc3c4ncccc4c4ncccc4c3nc2c1. The van der Waals surface area contributed by atoms with E-state index in [4.69, 9.17) is 9.97 Å². The highest BCUT2D eigenvalue weighted by Gasteiger charge is 2.13. The van der Waals surface area contributed by atoms with E-state index in [0.29, 0.717) is 0 Å². The van der Waals surface area contributed by atoms with Gasteiger partial charge in [-0.15, -0.1) is 0 Å². The van der Waals surface area contributed by atoms with E-state index in [1.54, 1.807) is 12.4 Å². The van der Waals surface area contributed by atoms with Crippen LogP contribution in [0.4, 0.5) is 17.1 Å². The largest absolute Gasteiger partial charge is 0.311 e. The van der Waals surface area contributed by atoms with Gasteiger partial charge >= 0.3 is 0 Å². The van der Waals surface area contributed by atoms with Crippen LogP contribution >= 0.6 is 0 Å². The molecule has 0 aliphatic rings. The molecule has 0 N–H and O–H groups in total. The number of anilines is 3. The summed E-state index contributed by atoms with van der Waals surface area (Å²) < 4.78 is 0. The van der Waals surface area contributed by atoms with Crippen LogP contribution in [0.15, 0.2) is 152 Å². The molecule has 5 aromatic carbocycles. The summed E-state index contributed by atoms with van der Waals surface area (Å²) in [4.78, 5) is 20.9.